The zero-order valence-electron chi connectivity index (χ0n) is 14.3. The van der Waals surface area contributed by atoms with E-state index in [1.807, 2.05) is 0 Å². The summed E-state index contributed by atoms with van der Waals surface area (Å²) in [6, 6.07) is 3.61. The summed E-state index contributed by atoms with van der Waals surface area (Å²) in [5.74, 6) is -3.54. The molecule has 3 N–H and O–H groups in total. The van der Waals surface area contributed by atoms with Gasteiger partial charge in [0.05, 0.1) is 17.1 Å². The number of rotatable bonds is 5. The normalized spacial score (nSPS) is 18.0. The third-order valence-electron chi connectivity index (χ3n) is 4.69. The summed E-state index contributed by atoms with van der Waals surface area (Å²) in [6.45, 7) is -0.308. The Morgan fingerprint density at radius 2 is 2.00 bits per heavy atom. The highest BCUT2D eigenvalue weighted by Gasteiger charge is 2.43. The van der Waals surface area contributed by atoms with Gasteiger partial charge in [-0.25, -0.2) is 22.7 Å². The number of sulfone groups is 1. The zero-order valence-corrected chi connectivity index (χ0v) is 15.9. The fraction of sp³-hybridized carbons (Fsp3) is 0.375. The van der Waals surface area contributed by atoms with Gasteiger partial charge in [-0.15, -0.1) is 0 Å². The second-order valence-corrected chi connectivity index (χ2v) is 9.17. The highest BCUT2D eigenvalue weighted by molar-refractivity contribution is 7.91. The maximum Gasteiger partial charge on any atom is 0.263 e. The number of carbonyl (C=O) groups is 1. The van der Waals surface area contributed by atoms with E-state index in [0.29, 0.717) is 0 Å². The van der Waals surface area contributed by atoms with E-state index in [4.69, 9.17) is 21.3 Å². The van der Waals surface area contributed by atoms with E-state index in [2.05, 4.69) is 10.5 Å². The van der Waals surface area contributed by atoms with Crippen molar-refractivity contribution in [3.05, 3.63) is 40.6 Å². The highest BCUT2D eigenvalue weighted by Crippen LogP contribution is 2.30. The quantitative estimate of drug-likeness (QED) is 0.483. The Hall–Kier alpha value is -2.08. The maximum atomic E-state index is 14.6. The number of hydrogen-bond donors (Lipinski definition) is 3. The van der Waals surface area contributed by atoms with Crippen LogP contribution in [-0.4, -0.2) is 41.7 Å². The van der Waals surface area contributed by atoms with Crippen LogP contribution in [-0.2, 0) is 21.2 Å². The van der Waals surface area contributed by atoms with Crippen LogP contribution in [0.25, 0.3) is 11.3 Å². The van der Waals surface area contributed by atoms with Gasteiger partial charge < -0.3 is 4.52 Å². The molecule has 3 rings (SSSR count). The van der Waals surface area contributed by atoms with Crippen molar-refractivity contribution in [3.63, 3.8) is 0 Å². The van der Waals surface area contributed by atoms with Gasteiger partial charge in [-0.3, -0.25) is 15.3 Å². The lowest BCUT2D eigenvalue weighted by atomic mass is 9.91. The molecule has 2 aromatic rings. The monoisotopic (exact) mass is 435 g/mol. The number of halogens is 3. The van der Waals surface area contributed by atoms with Crippen molar-refractivity contribution >= 4 is 27.3 Å². The van der Waals surface area contributed by atoms with Crippen LogP contribution in [0, 0.1) is 11.6 Å². The van der Waals surface area contributed by atoms with Crippen molar-refractivity contribution < 1.29 is 31.7 Å². The molecule has 28 heavy (non-hydrogen) atoms. The fourth-order valence-electron chi connectivity index (χ4n) is 2.99. The molecule has 1 aliphatic heterocycles. The number of benzene rings is 1. The maximum absolute atomic E-state index is 14.6. The number of amides is 1. The number of aromatic nitrogens is 1. The molecule has 1 aliphatic rings. The molecule has 152 valence electrons. The van der Waals surface area contributed by atoms with Gasteiger partial charge in [0, 0.05) is 11.6 Å². The van der Waals surface area contributed by atoms with Gasteiger partial charge in [0.15, 0.2) is 5.82 Å². The molecule has 0 atom stereocenters. The SMILES string of the molecule is O=C(NO)C1(NCc2noc(-c3ccc(Cl)cc3F)c2F)CCS(=O)(=O)CC1. The second-order valence-electron chi connectivity index (χ2n) is 6.42. The van der Waals surface area contributed by atoms with Gasteiger partial charge >= 0.3 is 0 Å². The van der Waals surface area contributed by atoms with Crippen molar-refractivity contribution in [3.8, 4) is 11.3 Å². The van der Waals surface area contributed by atoms with Crippen molar-refractivity contribution in [1.82, 2.24) is 16.0 Å². The van der Waals surface area contributed by atoms with Crippen LogP contribution in [0.1, 0.15) is 18.5 Å². The van der Waals surface area contributed by atoms with Crippen molar-refractivity contribution in [2.24, 2.45) is 0 Å². The van der Waals surface area contributed by atoms with E-state index < -0.39 is 38.7 Å². The summed E-state index contributed by atoms with van der Waals surface area (Å²) in [7, 11) is -3.29. The number of carbonyl (C=O) groups excluding carboxylic acids is 1. The Balaban J connectivity index is 1.82. The Labute approximate surface area is 163 Å². The number of hydroxylamine groups is 1. The highest BCUT2D eigenvalue weighted by atomic mass is 35.5. The molecule has 0 unspecified atom stereocenters. The lowest BCUT2D eigenvalue weighted by Gasteiger charge is -2.35. The summed E-state index contributed by atoms with van der Waals surface area (Å²) < 4.78 is 56.8. The molecule has 0 bridgehead atoms. The summed E-state index contributed by atoms with van der Waals surface area (Å²) in [5, 5.41) is 15.4. The molecule has 1 saturated heterocycles. The van der Waals surface area contributed by atoms with Crippen molar-refractivity contribution in [2.45, 2.75) is 24.9 Å². The number of hydrogen-bond acceptors (Lipinski definition) is 7. The van der Waals surface area contributed by atoms with E-state index in [1.165, 1.54) is 17.6 Å². The number of nitrogens with zero attached hydrogens (tertiary/aromatic N) is 1. The van der Waals surface area contributed by atoms with Gasteiger partial charge in [0.1, 0.15) is 26.9 Å². The standard InChI is InChI=1S/C16H16ClF2N3O5S/c17-9-1-2-10(11(18)7-9)14-13(19)12(22-27-14)8-20-16(15(23)21-24)3-5-28(25,26)6-4-16/h1-2,7,20,24H,3-6,8H2,(H,21,23). The van der Waals surface area contributed by atoms with E-state index in [0.717, 1.165) is 6.07 Å². The molecule has 1 fully saturated rings. The zero-order chi connectivity index (χ0) is 20.5. The molecular weight excluding hydrogens is 420 g/mol. The van der Waals surface area contributed by atoms with Crippen molar-refractivity contribution in [1.29, 1.82) is 0 Å². The summed E-state index contributed by atoms with van der Waals surface area (Å²) in [4.78, 5) is 12.1. The minimum Gasteiger partial charge on any atom is -0.353 e. The molecule has 8 nitrogen and oxygen atoms in total. The van der Waals surface area contributed by atoms with Crippen LogP contribution in [0.5, 0.6) is 0 Å². The first kappa shape index (κ1) is 20.6. The van der Waals surface area contributed by atoms with E-state index in [1.54, 1.807) is 0 Å². The number of nitrogens with one attached hydrogen (secondary N) is 2. The molecule has 0 aliphatic carbocycles. The van der Waals surface area contributed by atoms with Gasteiger partial charge in [-0.05, 0) is 31.0 Å². The summed E-state index contributed by atoms with van der Waals surface area (Å²) >= 11 is 5.67. The third-order valence-corrected chi connectivity index (χ3v) is 6.57. The lowest BCUT2D eigenvalue weighted by Crippen LogP contribution is -2.59. The largest absolute Gasteiger partial charge is 0.353 e. The van der Waals surface area contributed by atoms with Crippen LogP contribution in [0.15, 0.2) is 22.7 Å². The molecule has 1 aromatic heterocycles. The predicted octanol–water partition coefficient (Wildman–Crippen LogP) is 1.82. The predicted molar refractivity (Wildman–Crippen MR) is 94.3 cm³/mol. The lowest BCUT2D eigenvalue weighted by molar-refractivity contribution is -0.136. The molecule has 1 amide bonds. The molecule has 0 saturated carbocycles. The van der Waals surface area contributed by atoms with E-state index >= 15 is 0 Å². The first-order valence-electron chi connectivity index (χ1n) is 8.17. The van der Waals surface area contributed by atoms with Crippen LogP contribution in [0.3, 0.4) is 0 Å². The Morgan fingerprint density at radius 1 is 1.32 bits per heavy atom. The van der Waals surface area contributed by atoms with Crippen LogP contribution in [0.2, 0.25) is 5.02 Å². The molecule has 2 heterocycles. The van der Waals surface area contributed by atoms with E-state index in [-0.39, 0.29) is 47.2 Å². The smallest absolute Gasteiger partial charge is 0.263 e. The average Bonchev–Trinajstić information content (AvgIpc) is 3.01. The van der Waals surface area contributed by atoms with Gasteiger partial charge in [-0.1, -0.05) is 16.8 Å². The van der Waals surface area contributed by atoms with Crippen LogP contribution in [0.4, 0.5) is 8.78 Å². The van der Waals surface area contributed by atoms with Gasteiger partial charge in [0.2, 0.25) is 5.76 Å². The molecule has 0 radical (unpaired) electrons. The first-order valence-corrected chi connectivity index (χ1v) is 10.4. The topological polar surface area (TPSA) is 122 Å². The Kier molecular flexibility index (Phi) is 5.71. The average molecular weight is 436 g/mol. The first-order chi connectivity index (χ1) is 13.2. The van der Waals surface area contributed by atoms with Gasteiger partial charge in [0.25, 0.3) is 5.91 Å². The minimum absolute atomic E-state index is 0.111. The molecule has 12 heteroatoms. The Bertz CT molecular complexity index is 998. The molecule has 1 aromatic carbocycles. The van der Waals surface area contributed by atoms with Crippen molar-refractivity contribution in [2.75, 3.05) is 11.5 Å². The van der Waals surface area contributed by atoms with Gasteiger partial charge in [-0.2, -0.15) is 0 Å². The molecule has 0 spiro atoms. The van der Waals surface area contributed by atoms with Crippen LogP contribution >= 0.6 is 11.6 Å². The fourth-order valence-corrected chi connectivity index (χ4v) is 4.68. The summed E-state index contributed by atoms with van der Waals surface area (Å²) in [6.07, 6.45) is -0.222. The second kappa shape index (κ2) is 7.74. The van der Waals surface area contributed by atoms with E-state index in [9.17, 15) is 22.0 Å². The third kappa shape index (κ3) is 4.02. The Morgan fingerprint density at radius 3 is 2.61 bits per heavy atom. The molecular formula is C16H16ClF2N3O5S. The van der Waals surface area contributed by atoms with Crippen LogP contribution < -0.4 is 10.8 Å². The summed E-state index contributed by atoms with van der Waals surface area (Å²) in [5.41, 5.74) is -0.325. The minimum atomic E-state index is -3.29.